The first-order valence-corrected chi connectivity index (χ1v) is 9.74. The maximum Gasteiger partial charge on any atom is 0.321 e. The first-order valence-electron chi connectivity index (χ1n) is 9.74. The van der Waals surface area contributed by atoms with E-state index in [0.29, 0.717) is 19.0 Å². The highest BCUT2D eigenvalue weighted by Gasteiger charge is 2.23. The van der Waals surface area contributed by atoms with Crippen LogP contribution in [0.5, 0.6) is 0 Å². The normalized spacial score (nSPS) is 15.6. The van der Waals surface area contributed by atoms with Crippen LogP contribution in [-0.4, -0.2) is 54.2 Å². The van der Waals surface area contributed by atoms with Gasteiger partial charge in [0.05, 0.1) is 6.10 Å². The predicted molar refractivity (Wildman–Crippen MR) is 111 cm³/mol. The fraction of sp³-hybridized carbons (Fsp3) is 0.476. The first kappa shape index (κ1) is 20.1. The molecule has 0 spiro atoms. The molecule has 1 aromatic carbocycles. The van der Waals surface area contributed by atoms with Crippen molar-refractivity contribution >= 4 is 17.7 Å². The highest BCUT2D eigenvalue weighted by molar-refractivity contribution is 5.89. The van der Waals surface area contributed by atoms with Gasteiger partial charge in [0.2, 0.25) is 5.95 Å². The lowest BCUT2D eigenvalue weighted by Crippen LogP contribution is -2.50. The van der Waals surface area contributed by atoms with Crippen molar-refractivity contribution in [2.45, 2.75) is 32.8 Å². The Labute approximate surface area is 166 Å². The van der Waals surface area contributed by atoms with Crippen LogP contribution in [0.2, 0.25) is 0 Å². The Morgan fingerprint density at radius 3 is 2.57 bits per heavy atom. The number of urea groups is 1. The lowest BCUT2D eigenvalue weighted by atomic mass is 10.1. The molecule has 2 heterocycles. The Morgan fingerprint density at radius 1 is 1.14 bits per heavy atom. The average molecular weight is 383 g/mol. The summed E-state index contributed by atoms with van der Waals surface area (Å²) >= 11 is 0. The molecule has 1 aliphatic heterocycles. The van der Waals surface area contributed by atoms with Crippen LogP contribution in [-0.2, 0) is 4.74 Å². The molecule has 1 saturated heterocycles. The zero-order chi connectivity index (χ0) is 20.1. The highest BCUT2D eigenvalue weighted by Crippen LogP contribution is 2.20. The molecule has 0 unspecified atom stereocenters. The summed E-state index contributed by atoms with van der Waals surface area (Å²) in [7, 11) is 1.68. The van der Waals surface area contributed by atoms with Gasteiger partial charge in [-0.25, -0.2) is 14.8 Å². The quantitative estimate of drug-likeness (QED) is 0.853. The molecule has 1 fully saturated rings. The van der Waals surface area contributed by atoms with E-state index < -0.39 is 0 Å². The van der Waals surface area contributed by atoms with Gasteiger partial charge < -0.3 is 19.9 Å². The van der Waals surface area contributed by atoms with Crippen molar-refractivity contribution in [3.8, 4) is 0 Å². The average Bonchev–Trinajstić information content (AvgIpc) is 2.73. The first-order chi connectivity index (χ1) is 13.5. The maximum absolute atomic E-state index is 12.6. The van der Waals surface area contributed by atoms with Crippen molar-refractivity contribution in [1.29, 1.82) is 0 Å². The van der Waals surface area contributed by atoms with Crippen molar-refractivity contribution in [2.75, 3.05) is 43.5 Å². The molecule has 0 radical (unpaired) electrons. The van der Waals surface area contributed by atoms with Gasteiger partial charge in [-0.15, -0.1) is 0 Å². The SMILES string of the molecule is CO[C@@H](C)c1cccc(NC(=O)N2CCN(c3nccc(C(C)C)n3)CC2)c1. The molecule has 1 atom stereocenters. The van der Waals surface area contributed by atoms with Crippen LogP contribution in [0.1, 0.15) is 44.1 Å². The van der Waals surface area contributed by atoms with Crippen molar-refractivity contribution in [1.82, 2.24) is 14.9 Å². The molecule has 28 heavy (non-hydrogen) atoms. The molecule has 2 amide bonds. The lowest BCUT2D eigenvalue weighted by Gasteiger charge is -2.34. The number of nitrogens with one attached hydrogen (secondary N) is 1. The minimum atomic E-state index is -0.0845. The molecule has 3 rings (SSSR count). The van der Waals surface area contributed by atoms with Gasteiger partial charge >= 0.3 is 6.03 Å². The number of anilines is 2. The number of benzene rings is 1. The second kappa shape index (κ2) is 9.01. The zero-order valence-corrected chi connectivity index (χ0v) is 17.1. The van der Waals surface area contributed by atoms with Crippen molar-refractivity contribution in [3.63, 3.8) is 0 Å². The summed E-state index contributed by atoms with van der Waals surface area (Å²) in [5, 5.41) is 2.99. The summed E-state index contributed by atoms with van der Waals surface area (Å²) < 4.78 is 5.35. The minimum absolute atomic E-state index is 0.0120. The number of methoxy groups -OCH3 is 1. The number of aromatic nitrogens is 2. The molecular formula is C21H29N5O2. The molecule has 1 aliphatic rings. The van der Waals surface area contributed by atoms with Crippen LogP contribution in [0.3, 0.4) is 0 Å². The van der Waals surface area contributed by atoms with Crippen molar-refractivity contribution < 1.29 is 9.53 Å². The van der Waals surface area contributed by atoms with Crippen LogP contribution in [0.4, 0.5) is 16.4 Å². The van der Waals surface area contributed by atoms with Gasteiger partial charge in [0, 0.05) is 50.9 Å². The summed E-state index contributed by atoms with van der Waals surface area (Å²) in [6.45, 7) is 8.93. The number of amides is 2. The van der Waals surface area contributed by atoms with Gasteiger partial charge in [-0.1, -0.05) is 26.0 Å². The number of rotatable bonds is 5. The molecule has 0 aliphatic carbocycles. The summed E-state index contributed by atoms with van der Waals surface area (Å²) in [6, 6.07) is 9.64. The van der Waals surface area contributed by atoms with Gasteiger partial charge in [-0.3, -0.25) is 0 Å². The minimum Gasteiger partial charge on any atom is -0.377 e. The van der Waals surface area contributed by atoms with E-state index in [4.69, 9.17) is 4.74 Å². The number of carbonyl (C=O) groups excluding carboxylic acids is 1. The highest BCUT2D eigenvalue weighted by atomic mass is 16.5. The Bertz CT molecular complexity index is 803. The Balaban J connectivity index is 1.58. The van der Waals surface area contributed by atoms with Crippen molar-refractivity contribution in [2.24, 2.45) is 0 Å². The van der Waals surface area contributed by atoms with E-state index in [-0.39, 0.29) is 12.1 Å². The van der Waals surface area contributed by atoms with Crippen LogP contribution in [0.15, 0.2) is 36.5 Å². The smallest absolute Gasteiger partial charge is 0.321 e. The fourth-order valence-electron chi connectivity index (χ4n) is 3.15. The molecule has 7 heteroatoms. The van der Waals surface area contributed by atoms with Crippen LogP contribution < -0.4 is 10.2 Å². The summed E-state index contributed by atoms with van der Waals surface area (Å²) in [6.07, 6.45) is 1.80. The molecule has 150 valence electrons. The number of carbonyl (C=O) groups is 1. The molecule has 1 aromatic heterocycles. The largest absolute Gasteiger partial charge is 0.377 e. The van der Waals surface area contributed by atoms with Crippen LogP contribution in [0, 0.1) is 0 Å². The molecule has 2 aromatic rings. The van der Waals surface area contributed by atoms with Gasteiger partial charge in [0.15, 0.2) is 0 Å². The van der Waals surface area contributed by atoms with Crippen molar-refractivity contribution in [3.05, 3.63) is 47.8 Å². The van der Waals surface area contributed by atoms with E-state index in [1.165, 1.54) is 0 Å². The number of hydrogen-bond acceptors (Lipinski definition) is 5. The topological polar surface area (TPSA) is 70.6 Å². The number of ether oxygens (including phenoxy) is 1. The Hall–Kier alpha value is -2.67. The maximum atomic E-state index is 12.6. The molecular weight excluding hydrogens is 354 g/mol. The second-order valence-corrected chi connectivity index (χ2v) is 7.34. The fourth-order valence-corrected chi connectivity index (χ4v) is 3.15. The van der Waals surface area contributed by atoms with E-state index in [1.807, 2.05) is 48.4 Å². The van der Waals surface area contributed by atoms with Gasteiger partial charge in [0.1, 0.15) is 0 Å². The van der Waals surface area contributed by atoms with E-state index in [2.05, 4.69) is 34.0 Å². The number of hydrogen-bond donors (Lipinski definition) is 1. The van der Waals surface area contributed by atoms with E-state index in [0.717, 1.165) is 36.0 Å². The molecule has 7 nitrogen and oxygen atoms in total. The number of piperazine rings is 1. The third-order valence-electron chi connectivity index (χ3n) is 5.07. The van der Waals surface area contributed by atoms with E-state index >= 15 is 0 Å². The standard InChI is InChI=1S/C21H29N5O2/c1-15(2)19-8-9-22-20(24-19)25-10-12-26(13-11-25)21(27)23-18-7-5-6-17(14-18)16(3)28-4/h5-9,14-16H,10-13H2,1-4H3,(H,23,27)/t16-/m0/s1. The summed E-state index contributed by atoms with van der Waals surface area (Å²) in [5.74, 6) is 1.11. The van der Waals surface area contributed by atoms with Gasteiger partial charge in [-0.2, -0.15) is 0 Å². The van der Waals surface area contributed by atoms with E-state index in [9.17, 15) is 4.79 Å². The third kappa shape index (κ3) is 4.78. The molecule has 1 N–H and O–H groups in total. The second-order valence-electron chi connectivity index (χ2n) is 7.34. The monoisotopic (exact) mass is 383 g/mol. The third-order valence-corrected chi connectivity index (χ3v) is 5.07. The number of nitrogens with zero attached hydrogens (tertiary/aromatic N) is 4. The summed E-state index contributed by atoms with van der Waals surface area (Å²) in [4.78, 5) is 25.7. The summed E-state index contributed by atoms with van der Waals surface area (Å²) in [5.41, 5.74) is 2.85. The van der Waals surface area contributed by atoms with Gasteiger partial charge in [-0.05, 0) is 36.6 Å². The molecule has 0 bridgehead atoms. The Kier molecular flexibility index (Phi) is 6.46. The lowest BCUT2D eigenvalue weighted by molar-refractivity contribution is 0.119. The molecule has 0 saturated carbocycles. The van der Waals surface area contributed by atoms with Crippen LogP contribution >= 0.6 is 0 Å². The van der Waals surface area contributed by atoms with Gasteiger partial charge in [0.25, 0.3) is 0 Å². The van der Waals surface area contributed by atoms with E-state index in [1.54, 1.807) is 7.11 Å². The predicted octanol–water partition coefficient (Wildman–Crippen LogP) is 3.66. The van der Waals surface area contributed by atoms with Crippen LogP contribution in [0.25, 0.3) is 0 Å². The zero-order valence-electron chi connectivity index (χ0n) is 17.1. The Morgan fingerprint density at radius 2 is 1.89 bits per heavy atom.